The molecule has 1 saturated heterocycles. The molecule has 2 aliphatic heterocycles. The number of carbonyl (C=O) groups excluding carboxylic acids is 1. The summed E-state index contributed by atoms with van der Waals surface area (Å²) in [6.45, 7) is 12.7. The second kappa shape index (κ2) is 7.04. The molecule has 0 bridgehead atoms. The summed E-state index contributed by atoms with van der Waals surface area (Å²) in [4.78, 5) is 24.9. The molecule has 0 radical (unpaired) electrons. The van der Waals surface area contributed by atoms with Crippen molar-refractivity contribution >= 4 is 16.7 Å². The van der Waals surface area contributed by atoms with Crippen molar-refractivity contribution in [2.75, 3.05) is 19.8 Å². The van der Waals surface area contributed by atoms with Crippen LogP contribution in [0.2, 0.25) is 0 Å². The summed E-state index contributed by atoms with van der Waals surface area (Å²) in [5.41, 5.74) is 2.34. The van der Waals surface area contributed by atoms with Crippen LogP contribution in [-0.2, 0) is 11.3 Å². The first-order chi connectivity index (χ1) is 15.1. The van der Waals surface area contributed by atoms with Gasteiger partial charge in [0.2, 0.25) is 0 Å². The highest BCUT2D eigenvalue weighted by Crippen LogP contribution is 2.43. The first kappa shape index (κ1) is 20.9. The normalized spacial score (nSPS) is 19.2. The van der Waals surface area contributed by atoms with E-state index >= 15 is 0 Å². The van der Waals surface area contributed by atoms with E-state index in [9.17, 15) is 9.59 Å². The number of pyridine rings is 1. The predicted molar refractivity (Wildman–Crippen MR) is 122 cm³/mol. The van der Waals surface area contributed by atoms with Gasteiger partial charge in [-0.05, 0) is 18.4 Å². The van der Waals surface area contributed by atoms with Crippen LogP contribution in [0.25, 0.3) is 22.3 Å². The number of Topliss-reactive ketones (excluding diaryl/α,β-unsaturated/α-hetero) is 1. The quantitative estimate of drug-likeness (QED) is 0.577. The predicted octanol–water partition coefficient (Wildman–Crippen LogP) is 4.08. The number of aromatic nitrogens is 3. The van der Waals surface area contributed by atoms with E-state index in [1.54, 1.807) is 12.3 Å². The fraction of sp³-hybridized carbons (Fsp3) is 0.480. The van der Waals surface area contributed by atoms with Crippen LogP contribution >= 0.6 is 0 Å². The molecule has 4 heterocycles. The summed E-state index contributed by atoms with van der Waals surface area (Å²) in [7, 11) is 0. The molecule has 0 spiro atoms. The average molecular weight is 436 g/mol. The van der Waals surface area contributed by atoms with Crippen LogP contribution in [-0.4, -0.2) is 40.0 Å². The maximum atomic E-state index is 12.8. The topological polar surface area (TPSA) is 75.3 Å². The summed E-state index contributed by atoms with van der Waals surface area (Å²) >= 11 is 0. The van der Waals surface area contributed by atoms with Crippen LogP contribution in [0.5, 0.6) is 5.75 Å². The largest absolute Gasteiger partial charge is 0.490 e. The lowest BCUT2D eigenvalue weighted by atomic mass is 9.84. The molecule has 2 aliphatic rings. The number of nitrogens with zero attached hydrogens (tertiary/aromatic N) is 3. The zero-order valence-corrected chi connectivity index (χ0v) is 19.3. The van der Waals surface area contributed by atoms with Gasteiger partial charge in [-0.3, -0.25) is 14.3 Å². The number of rotatable bonds is 4. The smallest absolute Gasteiger partial charge is 0.193 e. The third-order valence-corrected chi connectivity index (χ3v) is 6.59. The van der Waals surface area contributed by atoms with Gasteiger partial charge >= 0.3 is 0 Å². The Balaban J connectivity index is 1.68. The Morgan fingerprint density at radius 1 is 1.31 bits per heavy atom. The van der Waals surface area contributed by atoms with E-state index in [1.807, 2.05) is 22.9 Å². The van der Waals surface area contributed by atoms with E-state index in [4.69, 9.17) is 14.6 Å². The van der Waals surface area contributed by atoms with Crippen molar-refractivity contribution in [3.05, 3.63) is 46.2 Å². The van der Waals surface area contributed by atoms with Gasteiger partial charge in [0, 0.05) is 23.1 Å². The maximum absolute atomic E-state index is 12.8. The average Bonchev–Trinajstić information content (AvgIpc) is 3.08. The lowest BCUT2D eigenvalue weighted by Gasteiger charge is -2.38. The van der Waals surface area contributed by atoms with Crippen LogP contribution in [0, 0.1) is 10.8 Å². The van der Waals surface area contributed by atoms with Crippen molar-refractivity contribution in [1.29, 1.82) is 0 Å². The number of carbonyl (C=O) groups is 1. The Bertz CT molecular complexity index is 1290. The van der Waals surface area contributed by atoms with E-state index in [0.717, 1.165) is 28.0 Å². The fourth-order valence-electron chi connectivity index (χ4n) is 4.64. The minimum absolute atomic E-state index is 0.0296. The standard InChI is InChI=1S/C25H29N3O4/c1-15(29)17-10-27-18(9-19(17)30)23-16-7-6-8-20(32-14-25(5)12-31-13-25)22(16)26-28(23)11-21(27)24(2,3)4/h6-10,21H,11-14H2,1-5H3. The number of benzene rings is 1. The van der Waals surface area contributed by atoms with E-state index in [1.165, 1.54) is 6.92 Å². The zero-order chi connectivity index (χ0) is 22.8. The molecule has 1 aromatic carbocycles. The second-order valence-electron chi connectivity index (χ2n) is 10.6. The van der Waals surface area contributed by atoms with E-state index < -0.39 is 0 Å². The number of hydrogen-bond donors (Lipinski definition) is 0. The van der Waals surface area contributed by atoms with Gasteiger partial charge in [-0.2, -0.15) is 5.10 Å². The first-order valence-electron chi connectivity index (χ1n) is 11.0. The van der Waals surface area contributed by atoms with Crippen LogP contribution in [0.15, 0.2) is 35.3 Å². The third kappa shape index (κ3) is 3.26. The molecule has 1 atom stereocenters. The van der Waals surface area contributed by atoms with Crippen molar-refractivity contribution < 1.29 is 14.3 Å². The lowest BCUT2D eigenvalue weighted by Crippen LogP contribution is -2.44. The molecule has 3 aromatic rings. The molecule has 0 aliphatic carbocycles. The van der Waals surface area contributed by atoms with Crippen molar-refractivity contribution in [1.82, 2.24) is 14.3 Å². The highest BCUT2D eigenvalue weighted by molar-refractivity contribution is 5.97. The van der Waals surface area contributed by atoms with Gasteiger partial charge in [0.1, 0.15) is 11.3 Å². The molecule has 0 saturated carbocycles. The van der Waals surface area contributed by atoms with Crippen molar-refractivity contribution in [3.8, 4) is 17.1 Å². The van der Waals surface area contributed by atoms with Gasteiger partial charge in [0.25, 0.3) is 0 Å². The van der Waals surface area contributed by atoms with E-state index in [0.29, 0.717) is 26.4 Å². The fourth-order valence-corrected chi connectivity index (χ4v) is 4.64. The molecule has 0 amide bonds. The molecular weight excluding hydrogens is 406 g/mol. The van der Waals surface area contributed by atoms with Crippen LogP contribution < -0.4 is 10.2 Å². The molecule has 7 nitrogen and oxygen atoms in total. The van der Waals surface area contributed by atoms with E-state index in [2.05, 4.69) is 32.3 Å². The van der Waals surface area contributed by atoms with Gasteiger partial charge in [-0.15, -0.1) is 0 Å². The number of hydrogen-bond acceptors (Lipinski definition) is 5. The summed E-state index contributed by atoms with van der Waals surface area (Å²) in [5, 5.41) is 5.86. The van der Waals surface area contributed by atoms with Gasteiger partial charge in [0.15, 0.2) is 11.2 Å². The second-order valence-corrected chi connectivity index (χ2v) is 10.6. The number of ketones is 1. The molecule has 7 heteroatoms. The molecule has 0 N–H and O–H groups in total. The molecule has 1 fully saturated rings. The molecule has 5 rings (SSSR count). The van der Waals surface area contributed by atoms with Gasteiger partial charge in [-0.1, -0.05) is 39.8 Å². The zero-order valence-electron chi connectivity index (χ0n) is 19.3. The van der Waals surface area contributed by atoms with Crippen molar-refractivity contribution in [3.63, 3.8) is 0 Å². The monoisotopic (exact) mass is 435 g/mol. The Hall–Kier alpha value is -2.93. The minimum atomic E-state index is -0.260. The van der Waals surface area contributed by atoms with E-state index in [-0.39, 0.29) is 33.6 Å². The molecular formula is C25H29N3O4. The molecule has 2 aromatic heterocycles. The van der Waals surface area contributed by atoms with Crippen LogP contribution in [0.4, 0.5) is 0 Å². The van der Waals surface area contributed by atoms with Crippen LogP contribution in [0.3, 0.4) is 0 Å². The van der Waals surface area contributed by atoms with Crippen molar-refractivity contribution in [2.24, 2.45) is 10.8 Å². The number of fused-ring (bicyclic) bond motifs is 5. The first-order valence-corrected chi connectivity index (χ1v) is 11.0. The third-order valence-electron chi connectivity index (χ3n) is 6.59. The highest BCUT2D eigenvalue weighted by Gasteiger charge is 2.36. The summed E-state index contributed by atoms with van der Waals surface area (Å²) < 4.78 is 15.6. The molecule has 168 valence electrons. The lowest BCUT2D eigenvalue weighted by molar-refractivity contribution is -0.120. The summed E-state index contributed by atoms with van der Waals surface area (Å²) in [5.74, 6) is 0.519. The Labute approximate surface area is 186 Å². The highest BCUT2D eigenvalue weighted by atomic mass is 16.5. The molecule has 32 heavy (non-hydrogen) atoms. The maximum Gasteiger partial charge on any atom is 0.193 e. The summed E-state index contributed by atoms with van der Waals surface area (Å²) in [6.07, 6.45) is 1.73. The Morgan fingerprint density at radius 2 is 2.06 bits per heavy atom. The Kier molecular flexibility index (Phi) is 4.60. The van der Waals surface area contributed by atoms with Crippen molar-refractivity contribution in [2.45, 2.75) is 47.2 Å². The minimum Gasteiger partial charge on any atom is -0.490 e. The van der Waals surface area contributed by atoms with Crippen LogP contribution in [0.1, 0.15) is 51.0 Å². The SMILES string of the molecule is CC(=O)c1cn2c(cc1=O)-c1c3cccc(OCC4(C)COC4)c3nn1CC2C(C)(C)C. The van der Waals surface area contributed by atoms with Gasteiger partial charge in [-0.25, -0.2) is 0 Å². The Morgan fingerprint density at radius 3 is 2.69 bits per heavy atom. The van der Waals surface area contributed by atoms with Gasteiger partial charge < -0.3 is 14.0 Å². The van der Waals surface area contributed by atoms with Gasteiger partial charge in [0.05, 0.1) is 49.4 Å². The summed E-state index contributed by atoms with van der Waals surface area (Å²) in [6, 6.07) is 7.54. The molecule has 1 unspecified atom stereocenters. The number of ether oxygens (including phenoxy) is 2.